The number of nitrogens with one attached hydrogen (secondary N) is 1. The molecule has 5 nitrogen and oxygen atoms in total. The van der Waals surface area contributed by atoms with Crippen molar-refractivity contribution in [2.24, 2.45) is 5.73 Å². The van der Waals surface area contributed by atoms with Crippen molar-refractivity contribution in [3.8, 4) is 0 Å². The molecule has 0 radical (unpaired) electrons. The minimum atomic E-state index is -0.653. The van der Waals surface area contributed by atoms with Crippen LogP contribution >= 0.6 is 0 Å². The Bertz CT molecular complexity index is 346. The summed E-state index contributed by atoms with van der Waals surface area (Å²) in [6.45, 7) is 14.9. The summed E-state index contributed by atoms with van der Waals surface area (Å²) in [5.74, 6) is -0.285. The Balaban J connectivity index is 2.73. The van der Waals surface area contributed by atoms with E-state index in [-0.39, 0.29) is 23.7 Å². The molecule has 118 valence electrons. The van der Waals surface area contributed by atoms with Gasteiger partial charge in [-0.1, -0.05) is 6.92 Å². The van der Waals surface area contributed by atoms with E-state index in [0.29, 0.717) is 6.42 Å². The SMILES string of the molecule is CCNC(C)(CC(C)N1CC(C)OC(C)(C)C1)C(N)=O. The number of nitrogens with zero attached hydrogens (tertiary/aromatic N) is 1. The quantitative estimate of drug-likeness (QED) is 0.767. The molecule has 3 atom stereocenters. The van der Waals surface area contributed by atoms with Gasteiger partial charge in [-0.05, 0) is 47.6 Å². The first kappa shape index (κ1) is 17.4. The maximum Gasteiger partial charge on any atom is 0.237 e. The molecule has 0 bridgehead atoms. The van der Waals surface area contributed by atoms with Gasteiger partial charge in [-0.3, -0.25) is 9.69 Å². The first-order chi connectivity index (χ1) is 9.09. The molecule has 1 heterocycles. The number of hydrogen-bond donors (Lipinski definition) is 2. The van der Waals surface area contributed by atoms with Crippen molar-refractivity contribution in [1.29, 1.82) is 0 Å². The maximum absolute atomic E-state index is 11.7. The van der Waals surface area contributed by atoms with Gasteiger partial charge in [0.1, 0.15) is 0 Å². The lowest BCUT2D eigenvalue weighted by molar-refractivity contribution is -0.140. The first-order valence-corrected chi connectivity index (χ1v) is 7.56. The first-order valence-electron chi connectivity index (χ1n) is 7.56. The maximum atomic E-state index is 11.7. The van der Waals surface area contributed by atoms with Crippen molar-refractivity contribution in [3.63, 3.8) is 0 Å². The van der Waals surface area contributed by atoms with Gasteiger partial charge in [-0.25, -0.2) is 0 Å². The van der Waals surface area contributed by atoms with Crippen LogP contribution in [0.3, 0.4) is 0 Å². The monoisotopic (exact) mass is 285 g/mol. The van der Waals surface area contributed by atoms with Crippen LogP contribution in [0.25, 0.3) is 0 Å². The fourth-order valence-electron chi connectivity index (χ4n) is 3.21. The molecule has 0 saturated carbocycles. The molecule has 0 aromatic carbocycles. The highest BCUT2D eigenvalue weighted by Gasteiger charge is 2.38. The second kappa shape index (κ2) is 6.41. The highest BCUT2D eigenvalue weighted by Crippen LogP contribution is 2.25. The molecular weight excluding hydrogens is 254 g/mol. The molecule has 1 rings (SSSR count). The molecule has 3 unspecified atom stereocenters. The van der Waals surface area contributed by atoms with E-state index >= 15 is 0 Å². The predicted octanol–water partition coefficient (Wildman–Crippen LogP) is 1.12. The fourth-order valence-corrected chi connectivity index (χ4v) is 3.21. The number of primary amides is 1. The van der Waals surface area contributed by atoms with Gasteiger partial charge in [0.2, 0.25) is 5.91 Å². The van der Waals surface area contributed by atoms with E-state index in [0.717, 1.165) is 19.6 Å². The lowest BCUT2D eigenvalue weighted by Crippen LogP contribution is -2.59. The van der Waals surface area contributed by atoms with Crippen LogP contribution in [0.1, 0.15) is 48.0 Å². The second-order valence-corrected chi connectivity index (χ2v) is 6.90. The molecule has 1 saturated heterocycles. The summed E-state index contributed by atoms with van der Waals surface area (Å²) in [6.07, 6.45) is 0.916. The Kier molecular flexibility index (Phi) is 5.58. The zero-order valence-electron chi connectivity index (χ0n) is 13.8. The Labute approximate surface area is 123 Å². The number of rotatable bonds is 6. The van der Waals surface area contributed by atoms with E-state index in [2.05, 4.69) is 37.9 Å². The molecule has 1 aliphatic heterocycles. The zero-order valence-corrected chi connectivity index (χ0v) is 13.8. The molecule has 5 heteroatoms. The molecule has 1 amide bonds. The van der Waals surface area contributed by atoms with Crippen LogP contribution in [0, 0.1) is 0 Å². The summed E-state index contributed by atoms with van der Waals surface area (Å²) in [5.41, 5.74) is 4.77. The molecular formula is C15H31N3O2. The van der Waals surface area contributed by atoms with Crippen molar-refractivity contribution >= 4 is 5.91 Å². The minimum Gasteiger partial charge on any atom is -0.370 e. The van der Waals surface area contributed by atoms with Crippen molar-refractivity contribution in [2.75, 3.05) is 19.6 Å². The average Bonchev–Trinajstić information content (AvgIpc) is 2.26. The predicted molar refractivity (Wildman–Crippen MR) is 81.6 cm³/mol. The van der Waals surface area contributed by atoms with Gasteiger partial charge in [0, 0.05) is 19.1 Å². The summed E-state index contributed by atoms with van der Waals surface area (Å²) in [6, 6.07) is 0.275. The minimum absolute atomic E-state index is 0.146. The second-order valence-electron chi connectivity index (χ2n) is 6.90. The van der Waals surface area contributed by atoms with E-state index in [9.17, 15) is 4.79 Å². The number of nitrogens with two attached hydrogens (primary N) is 1. The van der Waals surface area contributed by atoms with Gasteiger partial charge in [0.25, 0.3) is 0 Å². The van der Waals surface area contributed by atoms with Crippen molar-refractivity contribution in [3.05, 3.63) is 0 Å². The van der Waals surface area contributed by atoms with Crippen LogP contribution in [0.2, 0.25) is 0 Å². The highest BCUT2D eigenvalue weighted by molar-refractivity contribution is 5.84. The van der Waals surface area contributed by atoms with E-state index in [4.69, 9.17) is 10.5 Å². The third kappa shape index (κ3) is 4.43. The number of carbonyl (C=O) groups is 1. The number of hydrogen-bond acceptors (Lipinski definition) is 4. The van der Waals surface area contributed by atoms with Crippen molar-refractivity contribution in [2.45, 2.75) is 71.2 Å². The summed E-state index contributed by atoms with van der Waals surface area (Å²) < 4.78 is 5.93. The Hall–Kier alpha value is -0.650. The van der Waals surface area contributed by atoms with E-state index in [1.54, 1.807) is 0 Å². The third-order valence-corrected chi connectivity index (χ3v) is 4.03. The van der Waals surface area contributed by atoms with Gasteiger partial charge >= 0.3 is 0 Å². The molecule has 1 aliphatic rings. The topological polar surface area (TPSA) is 67.6 Å². The van der Waals surface area contributed by atoms with Crippen LogP contribution in [-0.4, -0.2) is 53.7 Å². The third-order valence-electron chi connectivity index (χ3n) is 4.03. The highest BCUT2D eigenvalue weighted by atomic mass is 16.5. The summed E-state index contributed by atoms with van der Waals surface area (Å²) in [7, 11) is 0. The van der Waals surface area contributed by atoms with Crippen molar-refractivity contribution < 1.29 is 9.53 Å². The van der Waals surface area contributed by atoms with Gasteiger partial charge in [-0.2, -0.15) is 0 Å². The van der Waals surface area contributed by atoms with Gasteiger partial charge in [0.05, 0.1) is 17.2 Å². The van der Waals surface area contributed by atoms with E-state index < -0.39 is 5.54 Å². The Morgan fingerprint density at radius 1 is 1.60 bits per heavy atom. The largest absolute Gasteiger partial charge is 0.370 e. The molecule has 20 heavy (non-hydrogen) atoms. The standard InChI is InChI=1S/C15H31N3O2/c1-7-17-15(6,13(16)19)8-11(2)18-9-12(3)20-14(4,5)10-18/h11-12,17H,7-10H2,1-6H3,(H2,16,19). The van der Waals surface area contributed by atoms with Gasteiger partial charge in [0.15, 0.2) is 0 Å². The van der Waals surface area contributed by atoms with Crippen LogP contribution in [0.5, 0.6) is 0 Å². The Morgan fingerprint density at radius 2 is 2.20 bits per heavy atom. The number of morpholine rings is 1. The molecule has 0 aromatic heterocycles. The van der Waals surface area contributed by atoms with Gasteiger partial charge in [-0.15, -0.1) is 0 Å². The molecule has 0 aromatic rings. The lowest BCUT2D eigenvalue weighted by Gasteiger charge is -2.45. The number of amides is 1. The fraction of sp³-hybridized carbons (Fsp3) is 0.933. The summed E-state index contributed by atoms with van der Waals surface area (Å²) >= 11 is 0. The Morgan fingerprint density at radius 3 is 2.65 bits per heavy atom. The number of ether oxygens (including phenoxy) is 1. The van der Waals surface area contributed by atoms with Crippen LogP contribution in [0.15, 0.2) is 0 Å². The summed E-state index contributed by atoms with van der Waals surface area (Å²) in [4.78, 5) is 14.1. The van der Waals surface area contributed by atoms with Crippen LogP contribution in [-0.2, 0) is 9.53 Å². The zero-order chi connectivity index (χ0) is 15.6. The van der Waals surface area contributed by atoms with Crippen molar-refractivity contribution in [1.82, 2.24) is 10.2 Å². The molecule has 3 N–H and O–H groups in total. The normalized spacial score (nSPS) is 27.8. The molecule has 0 aliphatic carbocycles. The summed E-state index contributed by atoms with van der Waals surface area (Å²) in [5, 5.41) is 3.23. The van der Waals surface area contributed by atoms with Gasteiger partial charge < -0.3 is 15.8 Å². The smallest absolute Gasteiger partial charge is 0.237 e. The van der Waals surface area contributed by atoms with E-state index in [1.165, 1.54) is 0 Å². The van der Waals surface area contributed by atoms with Crippen LogP contribution in [0.4, 0.5) is 0 Å². The van der Waals surface area contributed by atoms with E-state index in [1.807, 2.05) is 13.8 Å². The lowest BCUT2D eigenvalue weighted by atomic mass is 9.90. The number of carbonyl (C=O) groups excluding carboxylic acids is 1. The van der Waals surface area contributed by atoms with Crippen LogP contribution < -0.4 is 11.1 Å². The molecule has 1 fully saturated rings. The molecule has 0 spiro atoms. The average molecular weight is 285 g/mol. The number of likely N-dealkylation sites (N-methyl/N-ethyl adjacent to an activating group) is 1.